The molecule has 0 aromatic carbocycles. The lowest BCUT2D eigenvalue weighted by atomic mass is 9.92. The first-order chi connectivity index (χ1) is 7.58. The molecule has 1 amide bonds. The molecule has 0 aliphatic carbocycles. The summed E-state index contributed by atoms with van der Waals surface area (Å²) in [5, 5.41) is 9.27. The molecule has 1 aliphatic heterocycles. The molecule has 16 heavy (non-hydrogen) atoms. The van der Waals surface area contributed by atoms with Crippen LogP contribution in [0.5, 0.6) is 0 Å². The first-order valence-electron chi connectivity index (χ1n) is 5.56. The highest BCUT2D eigenvalue weighted by molar-refractivity contribution is 5.87. The lowest BCUT2D eigenvalue weighted by Gasteiger charge is -2.33. The first-order valence-corrected chi connectivity index (χ1v) is 5.56. The third kappa shape index (κ3) is 2.04. The Hall–Kier alpha value is -1.50. The molecule has 1 atom stereocenters. The lowest BCUT2D eigenvalue weighted by molar-refractivity contribution is -0.156. The van der Waals surface area contributed by atoms with E-state index in [0.717, 1.165) is 6.42 Å². The van der Waals surface area contributed by atoms with E-state index in [4.69, 9.17) is 6.42 Å². The van der Waals surface area contributed by atoms with Gasteiger partial charge in [0.05, 0.1) is 0 Å². The number of amides is 1. The fraction of sp³-hybridized carbons (Fsp3) is 0.667. The second kappa shape index (κ2) is 5.02. The molecule has 1 fully saturated rings. The predicted molar refractivity (Wildman–Crippen MR) is 59.7 cm³/mol. The number of hydrogen-bond acceptors (Lipinski definition) is 2. The summed E-state index contributed by atoms with van der Waals surface area (Å²) < 4.78 is 0. The van der Waals surface area contributed by atoms with Crippen LogP contribution >= 0.6 is 0 Å². The average molecular weight is 223 g/mol. The number of likely N-dealkylation sites (tertiary alicyclic amines) is 1. The Labute approximate surface area is 95.6 Å². The standard InChI is InChI=1S/C12H17NO3/c1-3-5-7-10(14)13-9-6-8-12(13,4-2)11(15)16/h1H,4-9H2,2H3,(H,15,16). The van der Waals surface area contributed by atoms with Gasteiger partial charge in [-0.3, -0.25) is 4.79 Å². The molecule has 0 aromatic rings. The number of aliphatic carboxylic acids is 1. The van der Waals surface area contributed by atoms with E-state index in [0.29, 0.717) is 25.8 Å². The van der Waals surface area contributed by atoms with Crippen molar-refractivity contribution in [2.45, 2.75) is 44.6 Å². The summed E-state index contributed by atoms with van der Waals surface area (Å²) in [4.78, 5) is 24.7. The number of rotatable bonds is 4. The van der Waals surface area contributed by atoms with Crippen LogP contribution in [-0.2, 0) is 9.59 Å². The molecule has 1 unspecified atom stereocenters. The number of carbonyl (C=O) groups is 2. The Kier molecular flexibility index (Phi) is 3.94. The fourth-order valence-corrected chi connectivity index (χ4v) is 2.30. The summed E-state index contributed by atoms with van der Waals surface area (Å²) in [5.74, 6) is 1.36. The molecule has 1 aliphatic rings. The molecule has 0 bridgehead atoms. The Morgan fingerprint density at radius 1 is 1.56 bits per heavy atom. The minimum absolute atomic E-state index is 0.139. The number of carbonyl (C=O) groups excluding carboxylic acids is 1. The van der Waals surface area contributed by atoms with Crippen molar-refractivity contribution in [2.24, 2.45) is 0 Å². The van der Waals surface area contributed by atoms with Crippen LogP contribution in [0.4, 0.5) is 0 Å². The Morgan fingerprint density at radius 2 is 2.25 bits per heavy atom. The monoisotopic (exact) mass is 223 g/mol. The molecule has 0 spiro atoms. The van der Waals surface area contributed by atoms with Crippen molar-refractivity contribution in [1.29, 1.82) is 0 Å². The summed E-state index contributed by atoms with van der Waals surface area (Å²) in [6, 6.07) is 0. The maximum atomic E-state index is 11.9. The fourth-order valence-electron chi connectivity index (χ4n) is 2.30. The van der Waals surface area contributed by atoms with Crippen molar-refractivity contribution in [3.05, 3.63) is 0 Å². The van der Waals surface area contributed by atoms with Crippen LogP contribution in [0.15, 0.2) is 0 Å². The highest BCUT2D eigenvalue weighted by Crippen LogP contribution is 2.33. The number of carboxylic acids is 1. The Balaban J connectivity index is 2.82. The third-order valence-corrected chi connectivity index (χ3v) is 3.26. The van der Waals surface area contributed by atoms with Gasteiger partial charge in [-0.05, 0) is 19.3 Å². The van der Waals surface area contributed by atoms with E-state index in [9.17, 15) is 14.7 Å². The van der Waals surface area contributed by atoms with Gasteiger partial charge < -0.3 is 10.0 Å². The van der Waals surface area contributed by atoms with Gasteiger partial charge in [-0.1, -0.05) is 6.92 Å². The summed E-state index contributed by atoms with van der Waals surface area (Å²) in [5.41, 5.74) is -0.994. The second-order valence-electron chi connectivity index (χ2n) is 4.04. The van der Waals surface area contributed by atoms with Gasteiger partial charge in [-0.15, -0.1) is 12.3 Å². The maximum Gasteiger partial charge on any atom is 0.329 e. The molecule has 88 valence electrons. The van der Waals surface area contributed by atoms with E-state index in [2.05, 4.69) is 5.92 Å². The van der Waals surface area contributed by atoms with Crippen LogP contribution in [0.25, 0.3) is 0 Å². The summed E-state index contributed by atoms with van der Waals surface area (Å²) in [7, 11) is 0. The SMILES string of the molecule is C#CCCC(=O)N1CCCC1(CC)C(=O)O. The minimum Gasteiger partial charge on any atom is -0.479 e. The smallest absolute Gasteiger partial charge is 0.329 e. The third-order valence-electron chi connectivity index (χ3n) is 3.26. The molecular weight excluding hydrogens is 206 g/mol. The second-order valence-corrected chi connectivity index (χ2v) is 4.04. The highest BCUT2D eigenvalue weighted by Gasteiger charge is 2.48. The first kappa shape index (κ1) is 12.6. The van der Waals surface area contributed by atoms with Gasteiger partial charge in [0.25, 0.3) is 0 Å². The lowest BCUT2D eigenvalue weighted by Crippen LogP contribution is -2.52. The van der Waals surface area contributed by atoms with Gasteiger partial charge in [-0.25, -0.2) is 4.79 Å². The van der Waals surface area contributed by atoms with Crippen molar-refractivity contribution in [3.63, 3.8) is 0 Å². The molecule has 4 nitrogen and oxygen atoms in total. The zero-order valence-corrected chi connectivity index (χ0v) is 9.53. The Bertz CT molecular complexity index is 332. The summed E-state index contributed by atoms with van der Waals surface area (Å²) >= 11 is 0. The number of terminal acetylenes is 1. The molecule has 4 heteroatoms. The molecule has 1 rings (SSSR count). The van der Waals surface area contributed by atoms with E-state index in [-0.39, 0.29) is 12.3 Å². The molecule has 1 N–H and O–H groups in total. The normalized spacial score (nSPS) is 24.1. The minimum atomic E-state index is -0.994. The number of nitrogens with zero attached hydrogens (tertiary/aromatic N) is 1. The maximum absolute atomic E-state index is 11.9. The van der Waals surface area contributed by atoms with E-state index < -0.39 is 11.5 Å². The van der Waals surface area contributed by atoms with Gasteiger partial charge in [0.1, 0.15) is 5.54 Å². The molecule has 0 aromatic heterocycles. The van der Waals surface area contributed by atoms with E-state index >= 15 is 0 Å². The molecule has 0 radical (unpaired) electrons. The van der Waals surface area contributed by atoms with Crippen LogP contribution in [0.2, 0.25) is 0 Å². The van der Waals surface area contributed by atoms with Gasteiger partial charge in [-0.2, -0.15) is 0 Å². The number of hydrogen-bond donors (Lipinski definition) is 1. The molecule has 1 heterocycles. The van der Waals surface area contributed by atoms with Crippen LogP contribution in [0.1, 0.15) is 39.0 Å². The quantitative estimate of drug-likeness (QED) is 0.730. The molecular formula is C12H17NO3. The molecule has 0 saturated carbocycles. The molecule has 1 saturated heterocycles. The highest BCUT2D eigenvalue weighted by atomic mass is 16.4. The zero-order valence-electron chi connectivity index (χ0n) is 9.53. The summed E-state index contributed by atoms with van der Waals surface area (Å²) in [6.45, 7) is 2.34. The van der Waals surface area contributed by atoms with E-state index in [1.807, 2.05) is 0 Å². The van der Waals surface area contributed by atoms with Gasteiger partial charge in [0.15, 0.2) is 0 Å². The van der Waals surface area contributed by atoms with Crippen molar-refractivity contribution in [3.8, 4) is 12.3 Å². The average Bonchev–Trinajstić information content (AvgIpc) is 2.70. The van der Waals surface area contributed by atoms with Crippen LogP contribution in [-0.4, -0.2) is 34.0 Å². The largest absolute Gasteiger partial charge is 0.479 e. The zero-order chi connectivity index (χ0) is 12.2. The van der Waals surface area contributed by atoms with Crippen LogP contribution < -0.4 is 0 Å². The van der Waals surface area contributed by atoms with Crippen molar-refractivity contribution < 1.29 is 14.7 Å². The predicted octanol–water partition coefficient (Wildman–Crippen LogP) is 1.26. The topological polar surface area (TPSA) is 57.6 Å². The van der Waals surface area contributed by atoms with Crippen molar-refractivity contribution >= 4 is 11.9 Å². The van der Waals surface area contributed by atoms with E-state index in [1.54, 1.807) is 6.92 Å². The van der Waals surface area contributed by atoms with Gasteiger partial charge in [0, 0.05) is 19.4 Å². The number of carboxylic acid groups (broad SMARTS) is 1. The van der Waals surface area contributed by atoms with E-state index in [1.165, 1.54) is 4.90 Å². The van der Waals surface area contributed by atoms with Gasteiger partial charge >= 0.3 is 5.97 Å². The van der Waals surface area contributed by atoms with Gasteiger partial charge in [0.2, 0.25) is 5.91 Å². The Morgan fingerprint density at radius 3 is 2.75 bits per heavy atom. The van der Waals surface area contributed by atoms with Crippen LogP contribution in [0, 0.1) is 12.3 Å². The van der Waals surface area contributed by atoms with Crippen molar-refractivity contribution in [1.82, 2.24) is 4.90 Å². The van der Waals surface area contributed by atoms with Crippen LogP contribution in [0.3, 0.4) is 0 Å². The van der Waals surface area contributed by atoms with Crippen molar-refractivity contribution in [2.75, 3.05) is 6.54 Å². The summed E-state index contributed by atoms with van der Waals surface area (Å²) in [6.07, 6.45) is 7.45.